The maximum Gasteiger partial charge on any atom is 0.336 e. The summed E-state index contributed by atoms with van der Waals surface area (Å²) in [5.41, 5.74) is 0.414. The lowest BCUT2D eigenvalue weighted by molar-refractivity contribution is 0.0695. The van der Waals surface area contributed by atoms with Crippen molar-refractivity contribution in [2.45, 2.75) is 6.92 Å². The normalized spacial score (nSPS) is 10.2. The summed E-state index contributed by atoms with van der Waals surface area (Å²) in [6.45, 7) is 1.67. The summed E-state index contributed by atoms with van der Waals surface area (Å²) in [6.07, 6.45) is 0. The van der Waals surface area contributed by atoms with Crippen LogP contribution in [0.2, 0.25) is 0 Å². The average Bonchev–Trinajstić information content (AvgIpc) is 2.78. The van der Waals surface area contributed by atoms with Gasteiger partial charge in [-0.15, -0.1) is 5.10 Å². The van der Waals surface area contributed by atoms with E-state index in [9.17, 15) is 9.59 Å². The van der Waals surface area contributed by atoms with E-state index in [0.717, 1.165) is 0 Å². The number of carboxylic acid groups (broad SMARTS) is 1. The molecule has 0 saturated carbocycles. The van der Waals surface area contributed by atoms with Gasteiger partial charge in [-0.3, -0.25) is 9.89 Å². The molecule has 0 bridgehead atoms. The molecule has 98 valence electrons. The van der Waals surface area contributed by atoms with Crippen molar-refractivity contribution in [3.63, 3.8) is 0 Å². The number of nitrogens with one attached hydrogen (secondary N) is 2. The molecule has 0 aliphatic carbocycles. The molecule has 1 amide bonds. The highest BCUT2D eigenvalue weighted by atomic mass is 79.9. The standard InChI is InChI=1S/C11H9BrN4O3/c1-5-13-9(16-15-5)10(17)14-6-2-3-8(12)7(4-6)11(18)19/h2-4H,1H3,(H,14,17)(H,18,19)(H,13,15,16). The van der Waals surface area contributed by atoms with Gasteiger partial charge in [0.1, 0.15) is 5.82 Å². The van der Waals surface area contributed by atoms with E-state index in [1.165, 1.54) is 6.07 Å². The molecule has 3 N–H and O–H groups in total. The monoisotopic (exact) mass is 324 g/mol. The number of hydrogen-bond acceptors (Lipinski definition) is 4. The van der Waals surface area contributed by atoms with Crippen LogP contribution in [-0.4, -0.2) is 32.2 Å². The zero-order valence-electron chi connectivity index (χ0n) is 9.77. The van der Waals surface area contributed by atoms with Gasteiger partial charge < -0.3 is 10.4 Å². The van der Waals surface area contributed by atoms with Crippen LogP contribution in [0.15, 0.2) is 22.7 Å². The van der Waals surface area contributed by atoms with Crippen molar-refractivity contribution in [1.29, 1.82) is 0 Å². The van der Waals surface area contributed by atoms with E-state index in [2.05, 4.69) is 36.4 Å². The number of rotatable bonds is 3. The maximum absolute atomic E-state index is 11.8. The number of amides is 1. The van der Waals surface area contributed by atoms with E-state index in [1.807, 2.05) is 0 Å². The smallest absolute Gasteiger partial charge is 0.336 e. The molecule has 0 atom stereocenters. The van der Waals surface area contributed by atoms with Gasteiger partial charge in [0.05, 0.1) is 5.56 Å². The molecule has 1 aromatic carbocycles. The lowest BCUT2D eigenvalue weighted by Gasteiger charge is -2.05. The minimum atomic E-state index is -1.09. The third kappa shape index (κ3) is 2.97. The van der Waals surface area contributed by atoms with E-state index >= 15 is 0 Å². The van der Waals surface area contributed by atoms with E-state index in [-0.39, 0.29) is 11.4 Å². The Morgan fingerprint density at radius 3 is 2.74 bits per heavy atom. The number of hydrogen-bond donors (Lipinski definition) is 3. The Balaban J connectivity index is 2.22. The van der Waals surface area contributed by atoms with Crippen LogP contribution < -0.4 is 5.32 Å². The van der Waals surface area contributed by atoms with E-state index in [0.29, 0.717) is 16.0 Å². The Morgan fingerprint density at radius 1 is 1.42 bits per heavy atom. The molecule has 0 fully saturated rings. The number of H-pyrrole nitrogens is 1. The third-order valence-corrected chi connectivity index (χ3v) is 2.95. The highest BCUT2D eigenvalue weighted by molar-refractivity contribution is 9.10. The summed E-state index contributed by atoms with van der Waals surface area (Å²) in [5, 5.41) is 17.8. The lowest BCUT2D eigenvalue weighted by Crippen LogP contribution is -2.14. The van der Waals surface area contributed by atoms with Crippen LogP contribution in [0.4, 0.5) is 5.69 Å². The molecule has 0 spiro atoms. The quantitative estimate of drug-likeness (QED) is 0.798. The first-order chi connectivity index (χ1) is 8.97. The fourth-order valence-corrected chi connectivity index (χ4v) is 1.81. The minimum Gasteiger partial charge on any atom is -0.478 e. The van der Waals surface area contributed by atoms with Crippen LogP contribution in [0.5, 0.6) is 0 Å². The first-order valence-corrected chi connectivity index (χ1v) is 6.00. The fourth-order valence-electron chi connectivity index (χ4n) is 1.40. The average molecular weight is 325 g/mol. The molecule has 1 heterocycles. The zero-order valence-corrected chi connectivity index (χ0v) is 11.4. The Bertz CT molecular complexity index is 653. The number of carbonyl (C=O) groups is 2. The molecule has 0 unspecified atom stereocenters. The number of carboxylic acids is 1. The van der Waals surface area contributed by atoms with Crippen LogP contribution in [0, 0.1) is 6.92 Å². The van der Waals surface area contributed by atoms with Gasteiger partial charge in [0.2, 0.25) is 5.82 Å². The number of aromatic amines is 1. The molecule has 0 aliphatic rings. The number of aromatic carboxylic acids is 1. The second-order valence-corrected chi connectivity index (χ2v) is 4.55. The van der Waals surface area contributed by atoms with Gasteiger partial charge in [0, 0.05) is 10.2 Å². The van der Waals surface area contributed by atoms with Gasteiger partial charge in [-0.25, -0.2) is 9.78 Å². The van der Waals surface area contributed by atoms with Gasteiger partial charge in [0.25, 0.3) is 5.91 Å². The summed E-state index contributed by atoms with van der Waals surface area (Å²) in [6, 6.07) is 4.47. The van der Waals surface area contributed by atoms with Crippen molar-refractivity contribution >= 4 is 33.5 Å². The van der Waals surface area contributed by atoms with Crippen molar-refractivity contribution in [3.05, 3.63) is 39.9 Å². The molecular weight excluding hydrogens is 316 g/mol. The molecule has 2 aromatic rings. The topological polar surface area (TPSA) is 108 Å². The third-order valence-electron chi connectivity index (χ3n) is 2.25. The van der Waals surface area contributed by atoms with Crippen molar-refractivity contribution < 1.29 is 14.7 Å². The Labute approximate surface area is 116 Å². The van der Waals surface area contributed by atoms with Gasteiger partial charge >= 0.3 is 5.97 Å². The summed E-state index contributed by atoms with van der Waals surface area (Å²) < 4.78 is 0.437. The Kier molecular flexibility index (Phi) is 3.61. The fraction of sp³-hybridized carbons (Fsp3) is 0.0909. The molecule has 2 rings (SSSR count). The molecule has 8 heteroatoms. The zero-order chi connectivity index (χ0) is 14.0. The molecule has 0 aliphatic heterocycles. The highest BCUT2D eigenvalue weighted by Gasteiger charge is 2.14. The second-order valence-electron chi connectivity index (χ2n) is 3.70. The van der Waals surface area contributed by atoms with Gasteiger partial charge in [-0.1, -0.05) is 0 Å². The van der Waals surface area contributed by atoms with Crippen LogP contribution in [0.3, 0.4) is 0 Å². The van der Waals surface area contributed by atoms with Gasteiger partial charge in [-0.2, -0.15) is 0 Å². The molecule has 7 nitrogen and oxygen atoms in total. The molecular formula is C11H9BrN4O3. The number of benzene rings is 1. The number of nitrogens with zero attached hydrogens (tertiary/aromatic N) is 2. The van der Waals surface area contributed by atoms with Crippen molar-refractivity contribution in [2.75, 3.05) is 5.32 Å². The van der Waals surface area contributed by atoms with E-state index in [1.54, 1.807) is 19.1 Å². The van der Waals surface area contributed by atoms with Crippen LogP contribution >= 0.6 is 15.9 Å². The van der Waals surface area contributed by atoms with E-state index < -0.39 is 11.9 Å². The molecule has 0 radical (unpaired) electrons. The Morgan fingerprint density at radius 2 is 2.16 bits per heavy atom. The summed E-state index contributed by atoms with van der Waals surface area (Å²) in [4.78, 5) is 26.6. The number of halogens is 1. The summed E-state index contributed by atoms with van der Waals surface area (Å²) in [7, 11) is 0. The summed E-state index contributed by atoms with van der Waals surface area (Å²) in [5.74, 6) is -1.08. The van der Waals surface area contributed by atoms with Crippen molar-refractivity contribution in [2.24, 2.45) is 0 Å². The SMILES string of the molecule is Cc1nc(C(=O)Nc2ccc(Br)c(C(=O)O)c2)n[nH]1. The summed E-state index contributed by atoms with van der Waals surface area (Å²) >= 11 is 3.12. The maximum atomic E-state index is 11.8. The largest absolute Gasteiger partial charge is 0.478 e. The predicted molar refractivity (Wildman–Crippen MR) is 70.2 cm³/mol. The van der Waals surface area contributed by atoms with Crippen LogP contribution in [-0.2, 0) is 0 Å². The van der Waals surface area contributed by atoms with Gasteiger partial charge in [-0.05, 0) is 41.1 Å². The number of aromatic nitrogens is 3. The highest BCUT2D eigenvalue weighted by Crippen LogP contribution is 2.21. The van der Waals surface area contributed by atoms with Crippen LogP contribution in [0.25, 0.3) is 0 Å². The van der Waals surface area contributed by atoms with Crippen molar-refractivity contribution in [3.8, 4) is 0 Å². The Hall–Kier alpha value is -2.22. The van der Waals surface area contributed by atoms with Gasteiger partial charge in [0.15, 0.2) is 0 Å². The first-order valence-electron chi connectivity index (χ1n) is 5.20. The second kappa shape index (κ2) is 5.19. The van der Waals surface area contributed by atoms with E-state index in [4.69, 9.17) is 5.11 Å². The molecule has 0 saturated heterocycles. The van der Waals surface area contributed by atoms with Crippen LogP contribution in [0.1, 0.15) is 26.8 Å². The molecule has 1 aromatic heterocycles. The number of carbonyl (C=O) groups excluding carboxylic acids is 1. The number of anilines is 1. The first kappa shape index (κ1) is 13.2. The lowest BCUT2D eigenvalue weighted by atomic mass is 10.2. The van der Waals surface area contributed by atoms with Crippen molar-refractivity contribution in [1.82, 2.24) is 15.2 Å². The molecule has 19 heavy (non-hydrogen) atoms. The predicted octanol–water partition coefficient (Wildman–Crippen LogP) is 1.83. The minimum absolute atomic E-state index is 0.00251. The number of aryl methyl sites for hydroxylation is 1.